The van der Waals surface area contributed by atoms with Gasteiger partial charge in [0.25, 0.3) is 0 Å². The van der Waals surface area contributed by atoms with Crippen LogP contribution in [0.2, 0.25) is 0 Å². The highest BCUT2D eigenvalue weighted by atomic mass is 32.2. The Morgan fingerprint density at radius 2 is 2.24 bits per heavy atom. The number of thiophene rings is 1. The topological polar surface area (TPSA) is 58.6 Å². The number of benzene rings is 1. The zero-order chi connectivity index (χ0) is 17.9. The molecule has 0 amide bonds. The first-order valence-electron chi connectivity index (χ1n) is 7.91. The van der Waals surface area contributed by atoms with Crippen LogP contribution < -0.4 is 10.1 Å². The zero-order valence-corrected chi connectivity index (χ0v) is 16.3. The lowest BCUT2D eigenvalue weighted by atomic mass is 10.2. The number of anilines is 1. The SMILES string of the molecule is COc1cccc(NC(=S)N(Cc2cccs2)[C@@H]2CCS(=O)(=O)C2)c1. The van der Waals surface area contributed by atoms with E-state index in [9.17, 15) is 8.42 Å². The molecule has 5 nitrogen and oxygen atoms in total. The van der Waals surface area contributed by atoms with Crippen LogP contribution in [0.15, 0.2) is 41.8 Å². The quantitative estimate of drug-likeness (QED) is 0.784. The maximum Gasteiger partial charge on any atom is 0.174 e. The summed E-state index contributed by atoms with van der Waals surface area (Å²) in [7, 11) is -1.37. The van der Waals surface area contributed by atoms with Gasteiger partial charge >= 0.3 is 0 Å². The summed E-state index contributed by atoms with van der Waals surface area (Å²) in [6.45, 7) is 0.605. The van der Waals surface area contributed by atoms with Gasteiger partial charge in [0.2, 0.25) is 0 Å². The molecule has 1 atom stereocenters. The van der Waals surface area contributed by atoms with Gasteiger partial charge < -0.3 is 15.0 Å². The minimum Gasteiger partial charge on any atom is -0.497 e. The summed E-state index contributed by atoms with van der Waals surface area (Å²) < 4.78 is 29.1. The average Bonchev–Trinajstić information content (AvgIpc) is 3.21. The number of hydrogen-bond donors (Lipinski definition) is 1. The monoisotopic (exact) mass is 396 g/mol. The molecule has 1 aromatic carbocycles. The first kappa shape index (κ1) is 18.2. The Kier molecular flexibility index (Phi) is 5.61. The van der Waals surface area contributed by atoms with Crippen molar-refractivity contribution < 1.29 is 13.2 Å². The Bertz CT molecular complexity index is 835. The van der Waals surface area contributed by atoms with Crippen molar-refractivity contribution in [2.75, 3.05) is 23.9 Å². The fourth-order valence-corrected chi connectivity index (χ4v) is 5.62. The number of hydrogen-bond acceptors (Lipinski definition) is 5. The normalized spacial score (nSPS) is 18.7. The molecule has 1 aromatic heterocycles. The Labute approximate surface area is 157 Å². The lowest BCUT2D eigenvalue weighted by Gasteiger charge is -2.30. The summed E-state index contributed by atoms with van der Waals surface area (Å²) in [5.74, 6) is 1.11. The maximum absolute atomic E-state index is 11.9. The zero-order valence-electron chi connectivity index (χ0n) is 13.8. The van der Waals surface area contributed by atoms with E-state index in [-0.39, 0.29) is 17.5 Å². The Morgan fingerprint density at radius 3 is 2.88 bits per heavy atom. The van der Waals surface area contributed by atoms with Crippen LogP contribution in [0.4, 0.5) is 5.69 Å². The van der Waals surface area contributed by atoms with E-state index in [1.807, 2.05) is 46.7 Å². The van der Waals surface area contributed by atoms with Crippen molar-refractivity contribution in [3.05, 3.63) is 46.7 Å². The van der Waals surface area contributed by atoms with Gasteiger partial charge in [-0.3, -0.25) is 0 Å². The molecule has 0 bridgehead atoms. The van der Waals surface area contributed by atoms with Crippen molar-refractivity contribution in [1.29, 1.82) is 0 Å². The molecule has 3 rings (SSSR count). The van der Waals surface area contributed by atoms with Crippen molar-refractivity contribution in [3.63, 3.8) is 0 Å². The number of nitrogens with zero attached hydrogens (tertiary/aromatic N) is 1. The summed E-state index contributed by atoms with van der Waals surface area (Å²) in [6.07, 6.45) is 0.605. The highest BCUT2D eigenvalue weighted by molar-refractivity contribution is 7.91. The van der Waals surface area contributed by atoms with E-state index >= 15 is 0 Å². The van der Waals surface area contributed by atoms with Crippen molar-refractivity contribution in [1.82, 2.24) is 4.90 Å². The smallest absolute Gasteiger partial charge is 0.174 e. The van der Waals surface area contributed by atoms with Gasteiger partial charge in [0, 0.05) is 22.7 Å². The van der Waals surface area contributed by atoms with E-state index in [2.05, 4.69) is 5.32 Å². The Morgan fingerprint density at radius 1 is 1.40 bits per heavy atom. The molecule has 2 aromatic rings. The van der Waals surface area contributed by atoms with E-state index in [4.69, 9.17) is 17.0 Å². The van der Waals surface area contributed by atoms with Crippen LogP contribution in [0, 0.1) is 0 Å². The predicted molar refractivity (Wildman–Crippen MR) is 106 cm³/mol. The molecular formula is C17H20N2O3S3. The highest BCUT2D eigenvalue weighted by Gasteiger charge is 2.33. The molecule has 134 valence electrons. The van der Waals surface area contributed by atoms with Crippen LogP contribution in [0.1, 0.15) is 11.3 Å². The second-order valence-electron chi connectivity index (χ2n) is 5.93. The number of thiocarbonyl (C=S) groups is 1. The molecule has 1 N–H and O–H groups in total. The Hall–Kier alpha value is -1.64. The number of nitrogens with one attached hydrogen (secondary N) is 1. The molecule has 0 saturated carbocycles. The van der Waals surface area contributed by atoms with E-state index in [1.165, 1.54) is 0 Å². The molecule has 1 saturated heterocycles. The summed E-state index contributed by atoms with van der Waals surface area (Å²) in [6, 6.07) is 11.4. The molecule has 1 aliphatic rings. The first-order valence-corrected chi connectivity index (χ1v) is 11.0. The molecule has 0 unspecified atom stereocenters. The fourth-order valence-electron chi connectivity index (χ4n) is 2.85. The Balaban J connectivity index is 1.79. The third-order valence-corrected chi connectivity index (χ3v) is 7.09. The van der Waals surface area contributed by atoms with Crippen molar-refractivity contribution in [3.8, 4) is 5.75 Å². The third kappa shape index (κ3) is 4.71. The number of sulfone groups is 1. The maximum atomic E-state index is 11.9. The van der Waals surface area contributed by atoms with Crippen LogP contribution in [0.3, 0.4) is 0 Å². The standard InChI is InChI=1S/C17H20N2O3S3/c1-22-15-5-2-4-13(10-15)18-17(23)19(11-16-6-3-8-24-16)14-7-9-25(20,21)12-14/h2-6,8,10,14H,7,9,11-12H2,1H3,(H,18,23)/t14-/m1/s1. The molecule has 0 spiro atoms. The number of methoxy groups -OCH3 is 1. The summed E-state index contributed by atoms with van der Waals surface area (Å²) in [5, 5.41) is 5.76. The summed E-state index contributed by atoms with van der Waals surface area (Å²) in [5.41, 5.74) is 0.821. The van der Waals surface area contributed by atoms with Crippen molar-refractivity contribution in [2.24, 2.45) is 0 Å². The highest BCUT2D eigenvalue weighted by Crippen LogP contribution is 2.24. The van der Waals surface area contributed by atoms with Gasteiger partial charge in [-0.2, -0.15) is 0 Å². The molecule has 1 fully saturated rings. The summed E-state index contributed by atoms with van der Waals surface area (Å²) >= 11 is 7.25. The van der Waals surface area contributed by atoms with E-state index < -0.39 is 9.84 Å². The summed E-state index contributed by atoms with van der Waals surface area (Å²) in [4.78, 5) is 3.14. The molecule has 0 aliphatic carbocycles. The average molecular weight is 397 g/mol. The van der Waals surface area contributed by atoms with Crippen LogP contribution in [-0.4, -0.2) is 43.1 Å². The van der Waals surface area contributed by atoms with Crippen molar-refractivity contribution >= 4 is 44.2 Å². The van der Waals surface area contributed by atoms with Gasteiger partial charge in [-0.25, -0.2) is 8.42 Å². The predicted octanol–water partition coefficient (Wildman–Crippen LogP) is 3.14. The molecule has 8 heteroatoms. The van der Waals surface area contributed by atoms with E-state index in [1.54, 1.807) is 18.4 Å². The van der Waals surface area contributed by atoms with Gasteiger partial charge in [-0.15, -0.1) is 11.3 Å². The lowest BCUT2D eigenvalue weighted by molar-refractivity contribution is 0.335. The van der Waals surface area contributed by atoms with Crippen LogP contribution >= 0.6 is 23.6 Å². The van der Waals surface area contributed by atoms with Gasteiger partial charge in [-0.1, -0.05) is 12.1 Å². The number of ether oxygens (including phenoxy) is 1. The molecular weight excluding hydrogens is 376 g/mol. The van der Waals surface area contributed by atoms with Crippen LogP contribution in [-0.2, 0) is 16.4 Å². The molecule has 2 heterocycles. The van der Waals surface area contributed by atoms with Crippen LogP contribution in [0.25, 0.3) is 0 Å². The van der Waals surface area contributed by atoms with E-state index in [0.29, 0.717) is 18.1 Å². The minimum atomic E-state index is -2.98. The molecule has 1 aliphatic heterocycles. The molecule has 0 radical (unpaired) electrons. The lowest BCUT2D eigenvalue weighted by Crippen LogP contribution is -2.42. The first-order chi connectivity index (χ1) is 12.0. The van der Waals surface area contributed by atoms with E-state index in [0.717, 1.165) is 16.3 Å². The fraction of sp³-hybridized carbons (Fsp3) is 0.353. The third-order valence-electron chi connectivity index (χ3n) is 4.14. The van der Waals surface area contributed by atoms with Gasteiger partial charge in [0.1, 0.15) is 5.75 Å². The van der Waals surface area contributed by atoms with Gasteiger partial charge in [0.05, 0.1) is 25.2 Å². The number of rotatable bonds is 5. The second kappa shape index (κ2) is 7.72. The minimum absolute atomic E-state index is 0.0993. The second-order valence-corrected chi connectivity index (χ2v) is 9.57. The largest absolute Gasteiger partial charge is 0.497 e. The van der Waals surface area contributed by atoms with Gasteiger partial charge in [-0.05, 0) is 42.2 Å². The van der Waals surface area contributed by atoms with Crippen molar-refractivity contribution in [2.45, 2.75) is 19.0 Å². The molecule has 25 heavy (non-hydrogen) atoms. The van der Waals surface area contributed by atoms with Gasteiger partial charge in [0.15, 0.2) is 14.9 Å². The van der Waals surface area contributed by atoms with Crippen LogP contribution in [0.5, 0.6) is 5.75 Å².